The number of aryl methyl sites for hydroxylation is 1. The van der Waals surface area contributed by atoms with Crippen LogP contribution < -0.4 is 16.6 Å². The molecule has 0 saturated heterocycles. The molecule has 0 spiro atoms. The van der Waals surface area contributed by atoms with Crippen molar-refractivity contribution in [1.29, 1.82) is 0 Å². The van der Waals surface area contributed by atoms with E-state index in [9.17, 15) is 19.5 Å². The average molecular weight is 491 g/mol. The summed E-state index contributed by atoms with van der Waals surface area (Å²) in [6, 6.07) is 7.82. The van der Waals surface area contributed by atoms with Gasteiger partial charge >= 0.3 is 11.7 Å². The minimum atomic E-state index is -0.845. The molecule has 1 atom stereocenters. The van der Waals surface area contributed by atoms with Crippen LogP contribution in [0.15, 0.2) is 38.8 Å². The van der Waals surface area contributed by atoms with E-state index in [0.29, 0.717) is 25.9 Å². The summed E-state index contributed by atoms with van der Waals surface area (Å²) in [5.74, 6) is -0.622. The highest BCUT2D eigenvalue weighted by atomic mass is 32.2. The molecular weight excluding hydrogens is 452 g/mol. The van der Waals surface area contributed by atoms with Crippen LogP contribution in [0.25, 0.3) is 0 Å². The van der Waals surface area contributed by atoms with E-state index in [4.69, 9.17) is 0 Å². The second-order valence-corrected chi connectivity index (χ2v) is 10.4. The Balaban J connectivity index is 1.97. The summed E-state index contributed by atoms with van der Waals surface area (Å²) < 4.78 is 1.63. The number of benzene rings is 1. The van der Waals surface area contributed by atoms with Gasteiger partial charge in [-0.15, -0.1) is 16.9 Å². The van der Waals surface area contributed by atoms with Gasteiger partial charge in [0.1, 0.15) is 4.75 Å². The zero-order valence-electron chi connectivity index (χ0n) is 20.8. The van der Waals surface area contributed by atoms with E-state index in [1.165, 1.54) is 29.9 Å². The molecule has 0 radical (unpaired) electrons. The lowest BCUT2D eigenvalue weighted by Crippen LogP contribution is -2.41. The average Bonchev–Trinajstić information content (AvgIpc) is 2.81. The fourth-order valence-electron chi connectivity index (χ4n) is 3.74. The summed E-state index contributed by atoms with van der Waals surface area (Å²) in [4.78, 5) is 37.4. The zero-order valence-corrected chi connectivity index (χ0v) is 21.6. The molecule has 0 fully saturated rings. The number of aromatic nitrogens is 3. The summed E-state index contributed by atoms with van der Waals surface area (Å²) in [6.45, 7) is 6.90. The van der Waals surface area contributed by atoms with E-state index in [1.54, 1.807) is 6.92 Å². The van der Waals surface area contributed by atoms with Gasteiger partial charge in [-0.1, -0.05) is 58.1 Å². The number of aliphatic carboxylic acids is 1. The maximum absolute atomic E-state index is 12.5. The van der Waals surface area contributed by atoms with Crippen LogP contribution >= 0.6 is 11.8 Å². The number of hydrogen-bond donors (Lipinski definition) is 2. The summed E-state index contributed by atoms with van der Waals surface area (Å²) >= 11 is 1.37. The molecule has 2 aromatic rings. The van der Waals surface area contributed by atoms with E-state index in [1.807, 2.05) is 31.2 Å². The van der Waals surface area contributed by atoms with Crippen molar-refractivity contribution < 1.29 is 9.90 Å². The molecule has 0 saturated carbocycles. The molecule has 34 heavy (non-hydrogen) atoms. The van der Waals surface area contributed by atoms with Crippen LogP contribution in [0.1, 0.15) is 71.3 Å². The SMILES string of the molecule is CCCCCCCn1nc(NCCc2ccc(SC(C)(CCC)C(=O)O)cc2)c(=O)n(C)c1=O. The number of unbranched alkanes of at least 4 members (excludes halogenated alkanes) is 4. The Hall–Kier alpha value is -2.55. The van der Waals surface area contributed by atoms with Gasteiger partial charge in [-0.05, 0) is 43.9 Å². The predicted molar refractivity (Wildman–Crippen MR) is 138 cm³/mol. The van der Waals surface area contributed by atoms with Crippen molar-refractivity contribution in [2.75, 3.05) is 11.9 Å². The Morgan fingerprint density at radius 3 is 2.38 bits per heavy atom. The van der Waals surface area contributed by atoms with Crippen LogP contribution in [-0.2, 0) is 24.8 Å². The van der Waals surface area contributed by atoms with Crippen LogP contribution in [-0.4, -0.2) is 36.7 Å². The molecule has 0 bridgehead atoms. The highest BCUT2D eigenvalue weighted by molar-refractivity contribution is 8.01. The van der Waals surface area contributed by atoms with E-state index in [-0.39, 0.29) is 5.82 Å². The molecule has 2 rings (SSSR count). The van der Waals surface area contributed by atoms with E-state index < -0.39 is 22.0 Å². The number of anilines is 1. The smallest absolute Gasteiger partial charge is 0.347 e. The van der Waals surface area contributed by atoms with Crippen molar-refractivity contribution >= 4 is 23.5 Å². The third-order valence-electron chi connectivity index (χ3n) is 5.86. The van der Waals surface area contributed by atoms with Crippen LogP contribution in [0.2, 0.25) is 0 Å². The van der Waals surface area contributed by atoms with Crippen molar-refractivity contribution in [3.05, 3.63) is 50.7 Å². The second kappa shape index (κ2) is 13.4. The van der Waals surface area contributed by atoms with Gasteiger partial charge in [-0.25, -0.2) is 9.48 Å². The Kier molecular flexibility index (Phi) is 10.9. The fraction of sp³-hybridized carbons (Fsp3) is 0.600. The molecule has 1 aromatic heterocycles. The molecular formula is C25H38N4O4S. The number of thioether (sulfide) groups is 1. The largest absolute Gasteiger partial charge is 0.480 e. The van der Waals surface area contributed by atoms with E-state index in [2.05, 4.69) is 17.3 Å². The lowest BCUT2D eigenvalue weighted by molar-refractivity contribution is -0.139. The number of rotatable bonds is 15. The number of hydrogen-bond acceptors (Lipinski definition) is 6. The topological polar surface area (TPSA) is 106 Å². The van der Waals surface area contributed by atoms with E-state index >= 15 is 0 Å². The molecule has 8 nitrogen and oxygen atoms in total. The van der Waals surface area contributed by atoms with Crippen molar-refractivity contribution in [3.8, 4) is 0 Å². The summed E-state index contributed by atoms with van der Waals surface area (Å²) in [6.07, 6.45) is 7.43. The number of nitrogens with one attached hydrogen (secondary N) is 1. The first-order valence-corrected chi connectivity index (χ1v) is 13.0. The summed E-state index contributed by atoms with van der Waals surface area (Å²) in [5.41, 5.74) is 0.240. The maximum atomic E-state index is 12.5. The number of nitrogens with zero attached hydrogens (tertiary/aromatic N) is 3. The zero-order chi connectivity index (χ0) is 25.1. The standard InChI is InChI=1S/C25H38N4O4S/c1-5-7-8-9-10-18-29-24(33)28(4)22(30)21(27-29)26-17-15-19-11-13-20(14-12-19)34-25(3,16-6-2)23(31)32/h11-14H,5-10,15-18H2,1-4H3,(H,26,27)(H,31,32). The van der Waals surface area contributed by atoms with E-state index in [0.717, 1.165) is 47.1 Å². The number of carboxylic acid groups (broad SMARTS) is 1. The van der Waals surface area contributed by atoms with Gasteiger partial charge < -0.3 is 10.4 Å². The Labute approximate surface area is 205 Å². The van der Waals surface area contributed by atoms with Crippen LogP contribution in [0, 0.1) is 0 Å². The fourth-order valence-corrected chi connectivity index (χ4v) is 4.92. The molecule has 1 unspecified atom stereocenters. The first-order chi connectivity index (χ1) is 16.2. The third kappa shape index (κ3) is 7.75. The van der Waals surface area contributed by atoms with Gasteiger partial charge in [-0.3, -0.25) is 14.2 Å². The summed E-state index contributed by atoms with van der Waals surface area (Å²) in [5, 5.41) is 16.9. The van der Waals surface area contributed by atoms with Gasteiger partial charge in [0.15, 0.2) is 0 Å². The first kappa shape index (κ1) is 27.7. The number of carboxylic acids is 1. The number of carbonyl (C=O) groups is 1. The second-order valence-electron chi connectivity index (χ2n) is 8.84. The molecule has 2 N–H and O–H groups in total. The minimum Gasteiger partial charge on any atom is -0.480 e. The van der Waals surface area contributed by atoms with Gasteiger partial charge in [-0.2, -0.15) is 0 Å². The molecule has 1 aromatic carbocycles. The molecule has 0 aliphatic heterocycles. The Morgan fingerprint density at radius 1 is 1.09 bits per heavy atom. The highest BCUT2D eigenvalue weighted by Gasteiger charge is 2.33. The molecule has 0 aliphatic rings. The normalized spacial score (nSPS) is 12.9. The van der Waals surface area contributed by atoms with Crippen LogP contribution in [0.3, 0.4) is 0 Å². The minimum absolute atomic E-state index is 0.180. The molecule has 0 amide bonds. The van der Waals surface area contributed by atoms with Gasteiger partial charge in [0.25, 0.3) is 5.56 Å². The van der Waals surface area contributed by atoms with Crippen LogP contribution in [0.5, 0.6) is 0 Å². The summed E-state index contributed by atoms with van der Waals surface area (Å²) in [7, 11) is 1.48. The Bertz CT molecular complexity index is 1050. The lowest BCUT2D eigenvalue weighted by atomic mass is 10.1. The van der Waals surface area contributed by atoms with Crippen LogP contribution in [0.4, 0.5) is 5.82 Å². The maximum Gasteiger partial charge on any atom is 0.347 e. The highest BCUT2D eigenvalue weighted by Crippen LogP contribution is 2.36. The first-order valence-electron chi connectivity index (χ1n) is 12.1. The van der Waals surface area contributed by atoms with Gasteiger partial charge in [0, 0.05) is 25.0 Å². The quantitative estimate of drug-likeness (QED) is 0.283. The Morgan fingerprint density at radius 2 is 1.76 bits per heavy atom. The third-order valence-corrected chi connectivity index (χ3v) is 7.20. The lowest BCUT2D eigenvalue weighted by Gasteiger charge is -2.23. The molecule has 9 heteroatoms. The van der Waals surface area contributed by atoms with Crippen molar-refractivity contribution in [3.63, 3.8) is 0 Å². The predicted octanol–water partition coefficient (Wildman–Crippen LogP) is 4.30. The van der Waals surface area contributed by atoms with Gasteiger partial charge in [0.2, 0.25) is 5.82 Å². The van der Waals surface area contributed by atoms with Crippen molar-refractivity contribution in [2.24, 2.45) is 7.05 Å². The van der Waals surface area contributed by atoms with Gasteiger partial charge in [0.05, 0.1) is 0 Å². The monoisotopic (exact) mass is 490 g/mol. The molecule has 188 valence electrons. The van der Waals surface area contributed by atoms with Crippen molar-refractivity contribution in [2.45, 2.75) is 88.3 Å². The van der Waals surface area contributed by atoms with Crippen molar-refractivity contribution in [1.82, 2.24) is 14.3 Å². The molecule has 0 aliphatic carbocycles. The molecule has 1 heterocycles.